The molecule has 6 heteroatoms. The predicted octanol–water partition coefficient (Wildman–Crippen LogP) is 2.91. The maximum atomic E-state index is 12.5. The molecule has 1 N–H and O–H groups in total. The molecule has 1 saturated carbocycles. The van der Waals surface area contributed by atoms with Crippen LogP contribution in [0.3, 0.4) is 0 Å². The third kappa shape index (κ3) is 3.29. The molecular formula is C12H19F3N2O. The van der Waals surface area contributed by atoms with Gasteiger partial charge in [0.2, 0.25) is 0 Å². The molecule has 1 saturated heterocycles. The molecule has 3 nitrogen and oxygen atoms in total. The molecule has 1 heterocycles. The van der Waals surface area contributed by atoms with Crippen molar-refractivity contribution >= 4 is 6.03 Å². The summed E-state index contributed by atoms with van der Waals surface area (Å²) in [7, 11) is 0. The average Bonchev–Trinajstić information content (AvgIpc) is 2.81. The highest BCUT2D eigenvalue weighted by Crippen LogP contribution is 2.34. The van der Waals surface area contributed by atoms with Gasteiger partial charge in [0.05, 0.1) is 5.92 Å². The molecule has 0 aromatic carbocycles. The third-order valence-electron chi connectivity index (χ3n) is 3.93. The van der Waals surface area contributed by atoms with Gasteiger partial charge in [-0.1, -0.05) is 12.8 Å². The summed E-state index contributed by atoms with van der Waals surface area (Å²) in [5, 5.41) is 2.91. The van der Waals surface area contributed by atoms with Crippen molar-refractivity contribution in [1.82, 2.24) is 10.2 Å². The summed E-state index contributed by atoms with van der Waals surface area (Å²) in [6.45, 7) is 0.422. The lowest BCUT2D eigenvalue weighted by Gasteiger charge is -2.33. The molecule has 2 amide bonds. The Hall–Kier alpha value is -0.940. The van der Waals surface area contributed by atoms with Crippen LogP contribution in [0.1, 0.15) is 38.5 Å². The Kier molecular flexibility index (Phi) is 4.02. The van der Waals surface area contributed by atoms with E-state index in [-0.39, 0.29) is 38.0 Å². The van der Waals surface area contributed by atoms with Crippen molar-refractivity contribution in [2.24, 2.45) is 5.92 Å². The molecule has 2 rings (SSSR count). The van der Waals surface area contributed by atoms with Crippen LogP contribution >= 0.6 is 0 Å². The van der Waals surface area contributed by atoms with Gasteiger partial charge in [-0.25, -0.2) is 4.79 Å². The highest BCUT2D eigenvalue weighted by Gasteiger charge is 2.41. The summed E-state index contributed by atoms with van der Waals surface area (Å²) in [4.78, 5) is 13.4. The van der Waals surface area contributed by atoms with E-state index in [1.165, 1.54) is 4.90 Å². The van der Waals surface area contributed by atoms with Crippen LogP contribution in [-0.4, -0.2) is 36.2 Å². The summed E-state index contributed by atoms with van der Waals surface area (Å²) in [6, 6.07) is 0.0281. The molecule has 0 aromatic rings. The van der Waals surface area contributed by atoms with Gasteiger partial charge in [-0.2, -0.15) is 13.2 Å². The number of hydrogen-bond acceptors (Lipinski definition) is 1. The molecule has 0 bridgehead atoms. The van der Waals surface area contributed by atoms with Gasteiger partial charge < -0.3 is 10.2 Å². The monoisotopic (exact) mass is 264 g/mol. The highest BCUT2D eigenvalue weighted by atomic mass is 19.4. The standard InChI is InChI=1S/C12H19F3N2O/c13-12(14,15)9-5-7-17(8-6-9)11(18)16-10-3-1-2-4-10/h9-10H,1-8H2,(H,16,18). The Morgan fingerprint density at radius 3 is 2.11 bits per heavy atom. The van der Waals surface area contributed by atoms with E-state index in [2.05, 4.69) is 5.32 Å². The van der Waals surface area contributed by atoms with E-state index in [0.29, 0.717) is 0 Å². The smallest absolute Gasteiger partial charge is 0.335 e. The summed E-state index contributed by atoms with van der Waals surface area (Å²) < 4.78 is 37.4. The molecule has 1 aliphatic carbocycles. The van der Waals surface area contributed by atoms with Gasteiger partial charge in [0.1, 0.15) is 0 Å². The molecule has 0 atom stereocenters. The molecule has 2 aliphatic rings. The Balaban J connectivity index is 1.76. The van der Waals surface area contributed by atoms with E-state index in [4.69, 9.17) is 0 Å². The van der Waals surface area contributed by atoms with E-state index in [9.17, 15) is 18.0 Å². The van der Waals surface area contributed by atoms with Crippen molar-refractivity contribution in [3.8, 4) is 0 Å². The molecular weight excluding hydrogens is 245 g/mol. The Labute approximate surface area is 105 Å². The number of carbonyl (C=O) groups excluding carboxylic acids is 1. The third-order valence-corrected chi connectivity index (χ3v) is 3.93. The lowest BCUT2D eigenvalue weighted by molar-refractivity contribution is -0.183. The predicted molar refractivity (Wildman–Crippen MR) is 61.1 cm³/mol. The number of likely N-dealkylation sites (tertiary alicyclic amines) is 1. The van der Waals surface area contributed by atoms with Gasteiger partial charge in [-0.3, -0.25) is 0 Å². The van der Waals surface area contributed by atoms with Gasteiger partial charge in [-0.15, -0.1) is 0 Å². The van der Waals surface area contributed by atoms with Crippen LogP contribution in [0.15, 0.2) is 0 Å². The van der Waals surface area contributed by atoms with Crippen LogP contribution in [0, 0.1) is 5.92 Å². The minimum Gasteiger partial charge on any atom is -0.335 e. The maximum absolute atomic E-state index is 12.5. The number of nitrogens with zero attached hydrogens (tertiary/aromatic N) is 1. The Bertz CT molecular complexity index is 292. The second kappa shape index (κ2) is 5.36. The molecule has 0 spiro atoms. The first kappa shape index (κ1) is 13.5. The lowest BCUT2D eigenvalue weighted by atomic mass is 9.96. The Morgan fingerprint density at radius 1 is 1.06 bits per heavy atom. The van der Waals surface area contributed by atoms with E-state index < -0.39 is 12.1 Å². The fraction of sp³-hybridized carbons (Fsp3) is 0.917. The van der Waals surface area contributed by atoms with Crippen LogP contribution < -0.4 is 5.32 Å². The molecule has 2 fully saturated rings. The zero-order chi connectivity index (χ0) is 13.2. The van der Waals surface area contributed by atoms with Crippen molar-refractivity contribution < 1.29 is 18.0 Å². The molecule has 0 unspecified atom stereocenters. The van der Waals surface area contributed by atoms with E-state index in [1.807, 2.05) is 0 Å². The first-order chi connectivity index (χ1) is 8.47. The van der Waals surface area contributed by atoms with Gasteiger partial charge in [0.15, 0.2) is 0 Å². The SMILES string of the molecule is O=C(NC1CCCC1)N1CCC(C(F)(F)F)CC1. The number of alkyl halides is 3. The van der Waals surface area contributed by atoms with Crippen molar-refractivity contribution in [2.45, 2.75) is 50.7 Å². The van der Waals surface area contributed by atoms with Crippen LogP contribution in [-0.2, 0) is 0 Å². The van der Waals surface area contributed by atoms with Crippen molar-refractivity contribution in [2.75, 3.05) is 13.1 Å². The number of urea groups is 1. The molecule has 1 aliphatic heterocycles. The molecule has 0 radical (unpaired) electrons. The van der Waals surface area contributed by atoms with Gasteiger partial charge >= 0.3 is 12.2 Å². The van der Waals surface area contributed by atoms with Gasteiger partial charge in [-0.05, 0) is 25.7 Å². The number of piperidine rings is 1. The first-order valence-electron chi connectivity index (χ1n) is 6.59. The fourth-order valence-electron chi connectivity index (χ4n) is 2.75. The van der Waals surface area contributed by atoms with Gasteiger partial charge in [0.25, 0.3) is 0 Å². The van der Waals surface area contributed by atoms with Crippen LogP contribution in [0.4, 0.5) is 18.0 Å². The van der Waals surface area contributed by atoms with Crippen LogP contribution in [0.5, 0.6) is 0 Å². The summed E-state index contributed by atoms with van der Waals surface area (Å²) >= 11 is 0. The van der Waals surface area contributed by atoms with Crippen molar-refractivity contribution in [1.29, 1.82) is 0 Å². The molecule has 18 heavy (non-hydrogen) atoms. The minimum atomic E-state index is -4.12. The first-order valence-corrected chi connectivity index (χ1v) is 6.59. The van der Waals surface area contributed by atoms with E-state index in [1.54, 1.807) is 0 Å². The summed E-state index contributed by atoms with van der Waals surface area (Å²) in [5.74, 6) is -1.24. The number of carbonyl (C=O) groups is 1. The van der Waals surface area contributed by atoms with E-state index >= 15 is 0 Å². The van der Waals surface area contributed by atoms with Crippen LogP contribution in [0.25, 0.3) is 0 Å². The topological polar surface area (TPSA) is 32.3 Å². The normalized spacial score (nSPS) is 23.4. The molecule has 104 valence electrons. The fourth-order valence-corrected chi connectivity index (χ4v) is 2.75. The second-order valence-corrected chi connectivity index (χ2v) is 5.23. The van der Waals surface area contributed by atoms with Crippen LogP contribution in [0.2, 0.25) is 0 Å². The van der Waals surface area contributed by atoms with Gasteiger partial charge in [0, 0.05) is 19.1 Å². The quantitative estimate of drug-likeness (QED) is 0.776. The zero-order valence-corrected chi connectivity index (χ0v) is 10.3. The van der Waals surface area contributed by atoms with Crippen molar-refractivity contribution in [3.63, 3.8) is 0 Å². The second-order valence-electron chi connectivity index (χ2n) is 5.23. The summed E-state index contributed by atoms with van der Waals surface area (Å²) in [5.41, 5.74) is 0. The summed E-state index contributed by atoms with van der Waals surface area (Å²) in [6.07, 6.45) is 0.175. The number of rotatable bonds is 1. The number of amides is 2. The number of hydrogen-bond donors (Lipinski definition) is 1. The molecule has 0 aromatic heterocycles. The lowest BCUT2D eigenvalue weighted by Crippen LogP contribution is -2.48. The van der Waals surface area contributed by atoms with Crippen molar-refractivity contribution in [3.05, 3.63) is 0 Å². The zero-order valence-electron chi connectivity index (χ0n) is 10.3. The Morgan fingerprint density at radius 2 is 1.61 bits per heavy atom. The maximum Gasteiger partial charge on any atom is 0.391 e. The van der Waals surface area contributed by atoms with E-state index in [0.717, 1.165) is 25.7 Å². The number of nitrogens with one attached hydrogen (secondary N) is 1. The minimum absolute atomic E-state index is 0.0294. The average molecular weight is 264 g/mol. The highest BCUT2D eigenvalue weighted by molar-refractivity contribution is 5.74. The number of halogens is 3. The largest absolute Gasteiger partial charge is 0.391 e.